The Morgan fingerprint density at radius 2 is 1.76 bits per heavy atom. The number of thiophene rings is 1. The molecule has 0 aliphatic rings. The second kappa shape index (κ2) is 8.35. The van der Waals surface area contributed by atoms with Crippen LogP contribution in [0, 0.1) is 5.92 Å². The fourth-order valence-electron chi connectivity index (χ4n) is 2.68. The van der Waals surface area contributed by atoms with Crippen molar-refractivity contribution in [3.63, 3.8) is 0 Å². The average molecular weight is 301 g/mol. The van der Waals surface area contributed by atoms with Crippen molar-refractivity contribution in [2.45, 2.75) is 52.1 Å². The molecule has 0 aliphatic carbocycles. The van der Waals surface area contributed by atoms with Gasteiger partial charge in [0.25, 0.3) is 0 Å². The van der Waals surface area contributed by atoms with E-state index in [0.29, 0.717) is 12.1 Å². The molecule has 1 aromatic heterocycles. The van der Waals surface area contributed by atoms with Gasteiger partial charge < -0.3 is 5.32 Å². The van der Waals surface area contributed by atoms with E-state index >= 15 is 0 Å². The van der Waals surface area contributed by atoms with Gasteiger partial charge in [-0.15, -0.1) is 11.3 Å². The highest BCUT2D eigenvalue weighted by Crippen LogP contribution is 2.27. The predicted octanol–water partition coefficient (Wildman–Crippen LogP) is 5.64. The molecule has 0 amide bonds. The highest BCUT2D eigenvalue weighted by molar-refractivity contribution is 7.10. The molecule has 1 N–H and O–H groups in total. The van der Waals surface area contributed by atoms with Gasteiger partial charge in [-0.1, -0.05) is 63.6 Å². The van der Waals surface area contributed by atoms with Gasteiger partial charge in [-0.05, 0) is 35.8 Å². The van der Waals surface area contributed by atoms with Crippen LogP contribution in [-0.2, 0) is 0 Å². The molecule has 0 fully saturated rings. The van der Waals surface area contributed by atoms with Crippen LogP contribution in [0.25, 0.3) is 0 Å². The maximum atomic E-state index is 3.90. The van der Waals surface area contributed by atoms with E-state index in [0.717, 1.165) is 5.92 Å². The van der Waals surface area contributed by atoms with Crippen LogP contribution in [0.3, 0.4) is 0 Å². The van der Waals surface area contributed by atoms with Crippen LogP contribution in [0.4, 0.5) is 0 Å². The maximum Gasteiger partial charge on any atom is 0.0673 e. The standard InChI is InChI=1S/C19H27NS/c1-4-15(3)14-17(5-2)20-19(18-12-9-13-21-18)16-10-7-6-8-11-16/h6-13,15,17,19-20H,4-5,14H2,1-3H3. The zero-order valence-electron chi connectivity index (χ0n) is 13.4. The SMILES string of the molecule is CCC(C)CC(CC)NC(c1ccccc1)c1cccs1. The first-order valence-corrected chi connectivity index (χ1v) is 8.96. The van der Waals surface area contributed by atoms with Crippen LogP contribution < -0.4 is 5.32 Å². The van der Waals surface area contributed by atoms with E-state index < -0.39 is 0 Å². The lowest BCUT2D eigenvalue weighted by molar-refractivity contribution is 0.368. The third kappa shape index (κ3) is 4.69. The second-order valence-electron chi connectivity index (χ2n) is 5.88. The second-order valence-corrected chi connectivity index (χ2v) is 6.86. The first kappa shape index (κ1) is 16.3. The molecule has 0 saturated carbocycles. The quantitative estimate of drug-likeness (QED) is 0.665. The first-order chi connectivity index (χ1) is 10.2. The van der Waals surface area contributed by atoms with Gasteiger partial charge >= 0.3 is 0 Å². The summed E-state index contributed by atoms with van der Waals surface area (Å²) < 4.78 is 0. The highest BCUT2D eigenvalue weighted by atomic mass is 32.1. The Hall–Kier alpha value is -1.12. The highest BCUT2D eigenvalue weighted by Gasteiger charge is 2.19. The van der Waals surface area contributed by atoms with Crippen LogP contribution in [0.1, 0.15) is 56.5 Å². The summed E-state index contributed by atoms with van der Waals surface area (Å²) in [5, 5.41) is 6.07. The summed E-state index contributed by atoms with van der Waals surface area (Å²) in [5.74, 6) is 0.780. The fraction of sp³-hybridized carbons (Fsp3) is 0.474. The van der Waals surface area contributed by atoms with E-state index in [1.165, 1.54) is 29.7 Å². The Labute approximate surface area is 133 Å². The third-order valence-corrected chi connectivity index (χ3v) is 5.18. The smallest absolute Gasteiger partial charge is 0.0673 e. The summed E-state index contributed by atoms with van der Waals surface area (Å²) in [6, 6.07) is 16.1. The maximum absolute atomic E-state index is 3.90. The number of nitrogens with one attached hydrogen (secondary N) is 1. The lowest BCUT2D eigenvalue weighted by Crippen LogP contribution is -2.34. The summed E-state index contributed by atoms with van der Waals surface area (Å²) in [5.41, 5.74) is 1.36. The van der Waals surface area contributed by atoms with Gasteiger partial charge in [0.1, 0.15) is 0 Å². The van der Waals surface area contributed by atoms with Gasteiger partial charge in [-0.3, -0.25) is 0 Å². The van der Waals surface area contributed by atoms with E-state index in [2.05, 4.69) is 73.9 Å². The molecule has 0 aliphatic heterocycles. The van der Waals surface area contributed by atoms with Gasteiger partial charge in [0.15, 0.2) is 0 Å². The van der Waals surface area contributed by atoms with Crippen LogP contribution in [0.2, 0.25) is 0 Å². The molecule has 1 nitrogen and oxygen atoms in total. The Balaban J connectivity index is 2.16. The summed E-state index contributed by atoms with van der Waals surface area (Å²) in [7, 11) is 0. The molecule has 1 heterocycles. The summed E-state index contributed by atoms with van der Waals surface area (Å²) in [4.78, 5) is 1.41. The molecule has 3 atom stereocenters. The molecule has 1 aromatic carbocycles. The van der Waals surface area contributed by atoms with Crippen molar-refractivity contribution in [1.29, 1.82) is 0 Å². The normalized spacial score (nSPS) is 15.6. The van der Waals surface area contributed by atoms with E-state index in [9.17, 15) is 0 Å². The zero-order chi connectivity index (χ0) is 15.1. The number of hydrogen-bond acceptors (Lipinski definition) is 2. The van der Waals surface area contributed by atoms with Gasteiger partial charge in [-0.2, -0.15) is 0 Å². The first-order valence-electron chi connectivity index (χ1n) is 8.09. The minimum absolute atomic E-state index is 0.320. The molecule has 0 saturated heterocycles. The Kier molecular flexibility index (Phi) is 6.47. The lowest BCUT2D eigenvalue weighted by atomic mass is 9.95. The van der Waals surface area contributed by atoms with Gasteiger partial charge in [0.05, 0.1) is 6.04 Å². The Morgan fingerprint density at radius 1 is 1.00 bits per heavy atom. The fourth-order valence-corrected chi connectivity index (χ4v) is 3.50. The van der Waals surface area contributed by atoms with Crippen LogP contribution in [-0.4, -0.2) is 6.04 Å². The Bertz CT molecular complexity index is 492. The predicted molar refractivity (Wildman–Crippen MR) is 93.9 cm³/mol. The third-order valence-electron chi connectivity index (χ3n) is 4.24. The molecule has 114 valence electrons. The molecular formula is C19H27NS. The molecular weight excluding hydrogens is 274 g/mol. The van der Waals surface area contributed by atoms with Crippen molar-refractivity contribution in [2.75, 3.05) is 0 Å². The molecule has 0 spiro atoms. The van der Waals surface area contributed by atoms with E-state index in [1.807, 2.05) is 11.3 Å². The Morgan fingerprint density at radius 3 is 2.33 bits per heavy atom. The lowest BCUT2D eigenvalue weighted by Gasteiger charge is -2.27. The molecule has 0 bridgehead atoms. The largest absolute Gasteiger partial charge is 0.303 e. The van der Waals surface area contributed by atoms with Crippen LogP contribution in [0.15, 0.2) is 47.8 Å². The minimum atomic E-state index is 0.320. The molecule has 0 radical (unpaired) electrons. The molecule has 2 rings (SSSR count). The monoisotopic (exact) mass is 301 g/mol. The van der Waals surface area contributed by atoms with Crippen LogP contribution >= 0.6 is 11.3 Å². The van der Waals surface area contributed by atoms with Crippen molar-refractivity contribution in [1.82, 2.24) is 5.32 Å². The number of rotatable bonds is 8. The van der Waals surface area contributed by atoms with Crippen molar-refractivity contribution >= 4 is 11.3 Å². The molecule has 21 heavy (non-hydrogen) atoms. The molecule has 2 heteroatoms. The topological polar surface area (TPSA) is 12.0 Å². The van der Waals surface area contributed by atoms with Crippen molar-refractivity contribution in [3.05, 3.63) is 58.3 Å². The summed E-state index contributed by atoms with van der Waals surface area (Å²) in [6.45, 7) is 6.93. The zero-order valence-corrected chi connectivity index (χ0v) is 14.2. The summed E-state index contributed by atoms with van der Waals surface area (Å²) in [6.07, 6.45) is 3.69. The number of benzene rings is 1. The van der Waals surface area contributed by atoms with Gasteiger partial charge in [0.2, 0.25) is 0 Å². The molecule has 2 aromatic rings. The van der Waals surface area contributed by atoms with E-state index in [4.69, 9.17) is 0 Å². The minimum Gasteiger partial charge on any atom is -0.303 e. The van der Waals surface area contributed by atoms with Gasteiger partial charge in [-0.25, -0.2) is 0 Å². The molecule has 3 unspecified atom stereocenters. The van der Waals surface area contributed by atoms with Crippen molar-refractivity contribution < 1.29 is 0 Å². The van der Waals surface area contributed by atoms with Gasteiger partial charge in [0, 0.05) is 10.9 Å². The van der Waals surface area contributed by atoms with Crippen molar-refractivity contribution in [3.8, 4) is 0 Å². The van der Waals surface area contributed by atoms with E-state index in [-0.39, 0.29) is 0 Å². The van der Waals surface area contributed by atoms with Crippen LogP contribution in [0.5, 0.6) is 0 Å². The summed E-state index contributed by atoms with van der Waals surface area (Å²) >= 11 is 1.84. The van der Waals surface area contributed by atoms with Crippen molar-refractivity contribution in [2.24, 2.45) is 5.92 Å². The van der Waals surface area contributed by atoms with E-state index in [1.54, 1.807) is 0 Å². The number of hydrogen-bond donors (Lipinski definition) is 1. The average Bonchev–Trinajstić information content (AvgIpc) is 3.06.